The monoisotopic (exact) mass is 582 g/mol. The second kappa shape index (κ2) is 10.8. The van der Waals surface area contributed by atoms with E-state index < -0.39 is 34.8 Å². The molecule has 41 heavy (non-hydrogen) atoms. The fourth-order valence-corrected chi connectivity index (χ4v) is 5.65. The highest BCUT2D eigenvalue weighted by Gasteiger charge is 2.65. The number of nitrogens with zero attached hydrogens (tertiary/aromatic N) is 4. The van der Waals surface area contributed by atoms with Gasteiger partial charge in [-0.1, -0.05) is 13.8 Å². The van der Waals surface area contributed by atoms with E-state index in [1.54, 1.807) is 25.7 Å². The minimum atomic E-state index is -4.37. The van der Waals surface area contributed by atoms with Gasteiger partial charge in [-0.15, -0.1) is 0 Å². The first-order valence-corrected chi connectivity index (χ1v) is 14.0. The van der Waals surface area contributed by atoms with Crippen LogP contribution in [0.4, 0.5) is 18.0 Å². The smallest absolute Gasteiger partial charge is 0.412 e. The third kappa shape index (κ3) is 6.38. The first kappa shape index (κ1) is 31.2. The molecule has 0 N–H and O–H groups in total. The number of aryl methyl sites for hydroxylation is 1. The summed E-state index contributed by atoms with van der Waals surface area (Å²) in [6.45, 7) is 13.4. The van der Waals surface area contributed by atoms with Crippen molar-refractivity contribution in [3.05, 3.63) is 23.7 Å². The SMILES string of the molecule is CC(C)C[C@H](COCC(=O)c1cnc2cc(C3(C(F)(F)F)CC3)n(C)c2n1)[C@@H]1COC(C)(C)N1C(=O)OC(C)(C)C. The van der Waals surface area contributed by atoms with Crippen LogP contribution in [0.2, 0.25) is 0 Å². The van der Waals surface area contributed by atoms with Crippen LogP contribution in [0, 0.1) is 11.8 Å². The van der Waals surface area contributed by atoms with Gasteiger partial charge in [-0.2, -0.15) is 13.2 Å². The van der Waals surface area contributed by atoms with Crippen molar-refractivity contribution in [2.24, 2.45) is 18.9 Å². The molecule has 12 heteroatoms. The van der Waals surface area contributed by atoms with Gasteiger partial charge < -0.3 is 18.8 Å². The number of ketones is 1. The van der Waals surface area contributed by atoms with Gasteiger partial charge in [-0.05, 0) is 65.9 Å². The van der Waals surface area contributed by atoms with Crippen LogP contribution in [0.15, 0.2) is 12.3 Å². The molecule has 2 atom stereocenters. The molecule has 0 bridgehead atoms. The van der Waals surface area contributed by atoms with Gasteiger partial charge in [-0.3, -0.25) is 14.7 Å². The average molecular weight is 583 g/mol. The summed E-state index contributed by atoms with van der Waals surface area (Å²) in [5.74, 6) is -0.289. The number of aromatic nitrogens is 3. The van der Waals surface area contributed by atoms with Gasteiger partial charge in [0, 0.05) is 18.7 Å². The van der Waals surface area contributed by atoms with E-state index in [0.29, 0.717) is 12.1 Å². The third-order valence-corrected chi connectivity index (χ3v) is 7.80. The van der Waals surface area contributed by atoms with Gasteiger partial charge in [0.15, 0.2) is 5.65 Å². The summed E-state index contributed by atoms with van der Waals surface area (Å²) in [5.41, 5.74) is -2.78. The van der Waals surface area contributed by atoms with Crippen molar-refractivity contribution >= 4 is 23.0 Å². The summed E-state index contributed by atoms with van der Waals surface area (Å²) in [5, 5.41) is 0. The van der Waals surface area contributed by atoms with Gasteiger partial charge in [0.2, 0.25) is 5.78 Å². The van der Waals surface area contributed by atoms with E-state index in [1.165, 1.54) is 23.9 Å². The van der Waals surface area contributed by atoms with Crippen LogP contribution in [0.25, 0.3) is 11.2 Å². The standard InChI is InChI=1S/C29H41F3N4O5/c1-17(2)11-18(21-15-40-27(6,7)36(21)25(38)41-26(3,4)5)14-39-16-22(37)20-13-33-19-12-23(35(8)24(19)34-20)28(9-10-28)29(30,31)32/h12-13,17-18,21H,9-11,14-16H2,1-8H3/t18-,21+/m1/s1. The highest BCUT2D eigenvalue weighted by atomic mass is 19.4. The van der Waals surface area contributed by atoms with Crippen LogP contribution in [0.5, 0.6) is 0 Å². The number of Topliss-reactive ketones (excluding diaryl/α,β-unsaturated/α-hetero) is 1. The Kier molecular flexibility index (Phi) is 8.25. The van der Waals surface area contributed by atoms with E-state index in [2.05, 4.69) is 23.8 Å². The molecular formula is C29H41F3N4O5. The Hall–Kier alpha value is -2.73. The van der Waals surface area contributed by atoms with Gasteiger partial charge in [0.25, 0.3) is 0 Å². The van der Waals surface area contributed by atoms with Crippen molar-refractivity contribution < 1.29 is 37.0 Å². The molecule has 0 unspecified atom stereocenters. The number of rotatable bonds is 9. The summed E-state index contributed by atoms with van der Waals surface area (Å²) in [7, 11) is 1.51. The lowest BCUT2D eigenvalue weighted by molar-refractivity contribution is -0.162. The lowest BCUT2D eigenvalue weighted by atomic mass is 9.90. The number of carbonyl (C=O) groups excluding carboxylic acids is 2. The van der Waals surface area contributed by atoms with E-state index in [-0.39, 0.29) is 61.0 Å². The number of carbonyl (C=O) groups is 2. The molecule has 1 amide bonds. The van der Waals surface area contributed by atoms with Crippen LogP contribution in [-0.2, 0) is 26.7 Å². The summed E-state index contributed by atoms with van der Waals surface area (Å²) < 4.78 is 60.0. The molecule has 0 radical (unpaired) electrons. The van der Waals surface area contributed by atoms with Crippen LogP contribution >= 0.6 is 0 Å². The minimum absolute atomic E-state index is 0.0169. The number of halogens is 3. The number of hydrogen-bond acceptors (Lipinski definition) is 7. The van der Waals surface area contributed by atoms with E-state index in [9.17, 15) is 22.8 Å². The molecule has 2 aromatic heterocycles. The van der Waals surface area contributed by atoms with Crippen molar-refractivity contribution in [2.75, 3.05) is 19.8 Å². The molecule has 4 rings (SSSR count). The fraction of sp³-hybridized carbons (Fsp3) is 0.724. The van der Waals surface area contributed by atoms with Crippen LogP contribution in [0.3, 0.4) is 0 Å². The van der Waals surface area contributed by atoms with Crippen molar-refractivity contribution in [3.63, 3.8) is 0 Å². The Balaban J connectivity index is 1.47. The quantitative estimate of drug-likeness (QED) is 0.345. The number of alkyl halides is 3. The summed E-state index contributed by atoms with van der Waals surface area (Å²) >= 11 is 0. The first-order chi connectivity index (χ1) is 18.9. The number of fused-ring (bicyclic) bond motifs is 1. The van der Waals surface area contributed by atoms with E-state index in [0.717, 1.165) is 6.42 Å². The topological polar surface area (TPSA) is 95.8 Å². The summed E-state index contributed by atoms with van der Waals surface area (Å²) in [4.78, 5) is 36.3. The molecule has 9 nitrogen and oxygen atoms in total. The average Bonchev–Trinajstić information content (AvgIpc) is 3.50. The zero-order chi connectivity index (χ0) is 30.5. The van der Waals surface area contributed by atoms with Crippen molar-refractivity contribution in [1.29, 1.82) is 0 Å². The van der Waals surface area contributed by atoms with Gasteiger partial charge in [0.1, 0.15) is 34.6 Å². The second-order valence-electron chi connectivity index (χ2n) is 13.1. The van der Waals surface area contributed by atoms with E-state index in [1.807, 2.05) is 13.8 Å². The molecule has 2 fully saturated rings. The Morgan fingerprint density at radius 1 is 1.20 bits per heavy atom. The van der Waals surface area contributed by atoms with Crippen LogP contribution in [0.1, 0.15) is 83.9 Å². The van der Waals surface area contributed by atoms with Gasteiger partial charge >= 0.3 is 12.3 Å². The summed E-state index contributed by atoms with van der Waals surface area (Å²) in [6, 6.07) is 1.09. The van der Waals surface area contributed by atoms with E-state index >= 15 is 0 Å². The molecule has 228 valence electrons. The highest BCUT2D eigenvalue weighted by Crippen LogP contribution is 2.59. The largest absolute Gasteiger partial charge is 0.444 e. The zero-order valence-electron chi connectivity index (χ0n) is 25.1. The predicted molar refractivity (Wildman–Crippen MR) is 145 cm³/mol. The lowest BCUT2D eigenvalue weighted by Crippen LogP contribution is -2.52. The van der Waals surface area contributed by atoms with Crippen LogP contribution in [-0.4, -0.2) is 74.7 Å². The Bertz CT molecular complexity index is 1290. The predicted octanol–water partition coefficient (Wildman–Crippen LogP) is 5.80. The molecule has 1 saturated carbocycles. The Morgan fingerprint density at radius 2 is 1.85 bits per heavy atom. The maximum absolute atomic E-state index is 13.7. The maximum Gasteiger partial charge on any atom is 0.412 e. The van der Waals surface area contributed by atoms with Crippen molar-refractivity contribution in [1.82, 2.24) is 19.4 Å². The highest BCUT2D eigenvalue weighted by molar-refractivity contribution is 5.96. The fourth-order valence-electron chi connectivity index (χ4n) is 5.65. The first-order valence-electron chi connectivity index (χ1n) is 14.0. The molecule has 1 saturated heterocycles. The summed E-state index contributed by atoms with van der Waals surface area (Å²) in [6.07, 6.45) is -2.81. The molecule has 2 aliphatic rings. The normalized spacial score (nSPS) is 21.0. The maximum atomic E-state index is 13.7. The van der Waals surface area contributed by atoms with Crippen LogP contribution < -0.4 is 0 Å². The molecule has 2 aromatic rings. The molecule has 0 aromatic carbocycles. The third-order valence-electron chi connectivity index (χ3n) is 7.80. The van der Waals surface area contributed by atoms with E-state index in [4.69, 9.17) is 14.2 Å². The molecule has 3 heterocycles. The molecule has 1 aliphatic carbocycles. The van der Waals surface area contributed by atoms with Gasteiger partial charge in [-0.25, -0.2) is 9.78 Å². The Labute approximate surface area is 238 Å². The molecular weight excluding hydrogens is 541 g/mol. The number of amides is 1. The van der Waals surface area contributed by atoms with Crippen molar-refractivity contribution in [3.8, 4) is 0 Å². The second-order valence-corrected chi connectivity index (χ2v) is 13.1. The lowest BCUT2D eigenvalue weighted by Gasteiger charge is -2.38. The molecule has 1 aliphatic heterocycles. The number of ether oxygens (including phenoxy) is 3. The number of hydrogen-bond donors (Lipinski definition) is 0. The molecule has 0 spiro atoms. The van der Waals surface area contributed by atoms with Gasteiger partial charge in [0.05, 0.1) is 25.5 Å². The van der Waals surface area contributed by atoms with Crippen molar-refractivity contribution in [2.45, 2.75) is 96.7 Å². The Morgan fingerprint density at radius 3 is 2.41 bits per heavy atom. The minimum Gasteiger partial charge on any atom is -0.444 e. The zero-order valence-corrected chi connectivity index (χ0v) is 25.1.